The van der Waals surface area contributed by atoms with Crippen molar-refractivity contribution < 1.29 is 19.0 Å². The molecule has 2 aromatic carbocycles. The van der Waals surface area contributed by atoms with Crippen LogP contribution in [0.3, 0.4) is 0 Å². The van der Waals surface area contributed by atoms with Crippen molar-refractivity contribution in [3.63, 3.8) is 0 Å². The number of halogens is 1. The first-order chi connectivity index (χ1) is 11.1. The average Bonchev–Trinajstić information content (AvgIpc) is 2.92. The number of hydrogen-bond acceptors (Lipinski definition) is 3. The Morgan fingerprint density at radius 1 is 1.13 bits per heavy atom. The van der Waals surface area contributed by atoms with E-state index in [1.165, 1.54) is 12.1 Å². The Kier molecular flexibility index (Phi) is 4.57. The smallest absolute Gasteiger partial charge is 0.227 e. The summed E-state index contributed by atoms with van der Waals surface area (Å²) in [5, 5.41) is 10.1. The van der Waals surface area contributed by atoms with Crippen LogP contribution in [-0.2, 0) is 11.2 Å². The molecule has 0 unspecified atom stereocenters. The monoisotopic (exact) mass is 315 g/mol. The summed E-state index contributed by atoms with van der Waals surface area (Å²) in [6.07, 6.45) is -0.965. The predicted molar refractivity (Wildman–Crippen MR) is 83.5 cm³/mol. The molecule has 0 aromatic heterocycles. The summed E-state index contributed by atoms with van der Waals surface area (Å²) in [6.45, 7) is 0.591. The van der Waals surface area contributed by atoms with Crippen LogP contribution in [0.25, 0.3) is 0 Å². The zero-order valence-corrected chi connectivity index (χ0v) is 12.6. The maximum absolute atomic E-state index is 12.9. The van der Waals surface area contributed by atoms with Gasteiger partial charge in [0.05, 0.1) is 19.5 Å². The van der Waals surface area contributed by atoms with Gasteiger partial charge in [0, 0.05) is 0 Å². The molecule has 1 heterocycles. The summed E-state index contributed by atoms with van der Waals surface area (Å²) in [5.74, 6) is 0.244. The lowest BCUT2D eigenvalue weighted by molar-refractivity contribution is -0.129. The lowest BCUT2D eigenvalue weighted by atomic mass is 10.1. The predicted octanol–water partition coefficient (Wildman–Crippen LogP) is 2.02. The number of para-hydroxylation sites is 1. The van der Waals surface area contributed by atoms with Gasteiger partial charge in [-0.05, 0) is 29.8 Å². The number of hydrogen-bond donors (Lipinski definition) is 1. The molecular weight excluding hydrogens is 297 g/mol. The van der Waals surface area contributed by atoms with Crippen molar-refractivity contribution in [3.05, 3.63) is 66.0 Å². The summed E-state index contributed by atoms with van der Waals surface area (Å²) in [6, 6.07) is 15.1. The number of rotatable bonds is 4. The minimum absolute atomic E-state index is 0.102. The van der Waals surface area contributed by atoms with Crippen molar-refractivity contribution in [3.8, 4) is 5.75 Å². The van der Waals surface area contributed by atoms with Crippen molar-refractivity contribution in [2.45, 2.75) is 18.6 Å². The molecule has 0 radical (unpaired) electrons. The van der Waals surface area contributed by atoms with Crippen molar-refractivity contribution in [2.24, 2.45) is 0 Å². The fraction of sp³-hybridized carbons (Fsp3) is 0.278. The second-order valence-electron chi connectivity index (χ2n) is 5.64. The van der Waals surface area contributed by atoms with Gasteiger partial charge in [-0.1, -0.05) is 30.3 Å². The van der Waals surface area contributed by atoms with Crippen LogP contribution in [-0.4, -0.2) is 41.2 Å². The molecule has 120 valence electrons. The van der Waals surface area contributed by atoms with Gasteiger partial charge in [-0.15, -0.1) is 0 Å². The van der Waals surface area contributed by atoms with Gasteiger partial charge in [0.2, 0.25) is 5.91 Å². The average molecular weight is 315 g/mol. The first-order valence-electron chi connectivity index (χ1n) is 7.54. The number of carbonyl (C=O) groups is 1. The molecule has 5 heteroatoms. The molecule has 1 aliphatic heterocycles. The van der Waals surface area contributed by atoms with Gasteiger partial charge in [-0.25, -0.2) is 4.39 Å². The minimum Gasteiger partial charge on any atom is -0.486 e. The number of β-amino-alcohol motifs (C(OH)–C–C–N with tert-alkyl or cyclic N) is 1. The van der Waals surface area contributed by atoms with Crippen LogP contribution in [0.5, 0.6) is 5.75 Å². The lowest BCUT2D eigenvalue weighted by Gasteiger charge is -2.17. The van der Waals surface area contributed by atoms with E-state index in [0.29, 0.717) is 12.3 Å². The van der Waals surface area contributed by atoms with Gasteiger partial charge < -0.3 is 14.7 Å². The number of ether oxygens (including phenoxy) is 1. The summed E-state index contributed by atoms with van der Waals surface area (Å²) >= 11 is 0. The Morgan fingerprint density at radius 3 is 2.52 bits per heavy atom. The van der Waals surface area contributed by atoms with Crippen LogP contribution in [0, 0.1) is 5.82 Å². The van der Waals surface area contributed by atoms with Gasteiger partial charge in [0.25, 0.3) is 0 Å². The normalized spacial score (nSPS) is 20.5. The highest BCUT2D eigenvalue weighted by atomic mass is 19.1. The van der Waals surface area contributed by atoms with E-state index < -0.39 is 12.2 Å². The number of nitrogens with zero attached hydrogens (tertiary/aromatic N) is 1. The van der Waals surface area contributed by atoms with E-state index in [4.69, 9.17) is 4.74 Å². The third-order valence-corrected chi connectivity index (χ3v) is 3.89. The molecule has 23 heavy (non-hydrogen) atoms. The number of aliphatic hydroxyl groups is 1. The molecule has 0 aliphatic carbocycles. The molecule has 1 fully saturated rings. The molecule has 4 nitrogen and oxygen atoms in total. The summed E-state index contributed by atoms with van der Waals surface area (Å²) in [7, 11) is 0. The van der Waals surface area contributed by atoms with Crippen LogP contribution >= 0.6 is 0 Å². The summed E-state index contributed by atoms with van der Waals surface area (Å²) in [5.41, 5.74) is 0.748. The molecule has 3 rings (SSSR count). The molecule has 1 N–H and O–H groups in total. The van der Waals surface area contributed by atoms with Crippen LogP contribution in [0.2, 0.25) is 0 Å². The van der Waals surface area contributed by atoms with Crippen LogP contribution in [0.1, 0.15) is 5.56 Å². The first-order valence-corrected chi connectivity index (χ1v) is 7.54. The number of likely N-dealkylation sites (tertiary alicyclic amines) is 1. The highest BCUT2D eigenvalue weighted by Crippen LogP contribution is 2.19. The zero-order chi connectivity index (χ0) is 16.2. The highest BCUT2D eigenvalue weighted by molar-refractivity contribution is 5.79. The maximum atomic E-state index is 12.9. The molecular formula is C18H18FNO3. The van der Waals surface area contributed by atoms with E-state index in [9.17, 15) is 14.3 Å². The Labute approximate surface area is 134 Å². The second kappa shape index (κ2) is 6.79. The maximum Gasteiger partial charge on any atom is 0.227 e. The van der Waals surface area contributed by atoms with E-state index >= 15 is 0 Å². The van der Waals surface area contributed by atoms with Gasteiger partial charge in [-0.3, -0.25) is 4.79 Å². The molecule has 2 atom stereocenters. The standard InChI is InChI=1S/C18H18FNO3/c19-14-8-6-13(7-9-14)10-18(22)20-11-16(21)17(12-20)23-15-4-2-1-3-5-15/h1-9,16-17,21H,10-12H2/t16-,17-/m1/s1. The van der Waals surface area contributed by atoms with Crippen LogP contribution in [0.15, 0.2) is 54.6 Å². The topological polar surface area (TPSA) is 49.8 Å². The van der Waals surface area contributed by atoms with Crippen molar-refractivity contribution in [2.75, 3.05) is 13.1 Å². The molecule has 0 spiro atoms. The fourth-order valence-electron chi connectivity index (χ4n) is 2.64. The minimum atomic E-state index is -0.715. The van der Waals surface area contributed by atoms with Crippen molar-refractivity contribution >= 4 is 5.91 Å². The Bertz CT molecular complexity index is 660. The van der Waals surface area contributed by atoms with E-state index in [1.54, 1.807) is 17.0 Å². The Balaban J connectivity index is 1.59. The van der Waals surface area contributed by atoms with Gasteiger partial charge in [0.15, 0.2) is 0 Å². The van der Waals surface area contributed by atoms with Crippen molar-refractivity contribution in [1.82, 2.24) is 4.90 Å². The number of aliphatic hydroxyl groups excluding tert-OH is 1. The fourth-order valence-corrected chi connectivity index (χ4v) is 2.64. The summed E-state index contributed by atoms with van der Waals surface area (Å²) < 4.78 is 18.6. The number of carbonyl (C=O) groups excluding carboxylic acids is 1. The van der Waals surface area contributed by atoms with E-state index in [1.807, 2.05) is 30.3 Å². The third-order valence-electron chi connectivity index (χ3n) is 3.89. The Hall–Kier alpha value is -2.40. The van der Waals surface area contributed by atoms with E-state index in [2.05, 4.69) is 0 Å². The number of benzene rings is 2. The van der Waals surface area contributed by atoms with Crippen LogP contribution in [0.4, 0.5) is 4.39 Å². The molecule has 2 aromatic rings. The summed E-state index contributed by atoms with van der Waals surface area (Å²) in [4.78, 5) is 13.9. The van der Waals surface area contributed by atoms with E-state index in [-0.39, 0.29) is 24.7 Å². The lowest BCUT2D eigenvalue weighted by Crippen LogP contribution is -2.32. The van der Waals surface area contributed by atoms with Crippen LogP contribution < -0.4 is 4.74 Å². The molecule has 1 amide bonds. The van der Waals surface area contributed by atoms with Gasteiger partial charge in [-0.2, -0.15) is 0 Å². The second-order valence-corrected chi connectivity index (χ2v) is 5.64. The quantitative estimate of drug-likeness (QED) is 0.939. The zero-order valence-electron chi connectivity index (χ0n) is 12.6. The molecule has 0 bridgehead atoms. The molecule has 1 saturated heterocycles. The molecule has 1 aliphatic rings. The SMILES string of the molecule is O=C(Cc1ccc(F)cc1)N1C[C@@H](O)[C@H](Oc2ccccc2)C1. The highest BCUT2D eigenvalue weighted by Gasteiger charge is 2.35. The first kappa shape index (κ1) is 15.5. The third kappa shape index (κ3) is 3.87. The molecule has 0 saturated carbocycles. The number of amides is 1. The Morgan fingerprint density at radius 2 is 1.83 bits per heavy atom. The van der Waals surface area contributed by atoms with Gasteiger partial charge in [0.1, 0.15) is 23.8 Å². The van der Waals surface area contributed by atoms with Gasteiger partial charge >= 0.3 is 0 Å². The van der Waals surface area contributed by atoms with Crippen molar-refractivity contribution in [1.29, 1.82) is 0 Å². The largest absolute Gasteiger partial charge is 0.486 e. The van der Waals surface area contributed by atoms with E-state index in [0.717, 1.165) is 5.56 Å².